The highest BCUT2D eigenvalue weighted by Crippen LogP contribution is 2.49. The second kappa shape index (κ2) is 7.14. The van der Waals surface area contributed by atoms with E-state index in [4.69, 9.17) is 9.47 Å². The Morgan fingerprint density at radius 1 is 1.00 bits per heavy atom. The maximum absolute atomic E-state index is 5.86. The lowest BCUT2D eigenvalue weighted by Gasteiger charge is -2.25. The molecule has 2 heterocycles. The van der Waals surface area contributed by atoms with Gasteiger partial charge in [0.2, 0.25) is 0 Å². The first-order valence-corrected chi connectivity index (χ1v) is 9.90. The van der Waals surface area contributed by atoms with Crippen LogP contribution in [0.3, 0.4) is 0 Å². The number of hydrogen-bond donors (Lipinski definition) is 0. The summed E-state index contributed by atoms with van der Waals surface area (Å²) in [7, 11) is 3.49. The van der Waals surface area contributed by atoms with Crippen LogP contribution < -0.4 is 9.47 Å². The molecule has 0 bridgehead atoms. The van der Waals surface area contributed by atoms with Gasteiger partial charge < -0.3 is 14.0 Å². The quantitative estimate of drug-likeness (QED) is 0.776. The molecule has 1 aromatic carbocycles. The summed E-state index contributed by atoms with van der Waals surface area (Å²) in [6.45, 7) is 4.24. The van der Waals surface area contributed by atoms with Crippen LogP contribution in [0.2, 0.25) is 0 Å². The van der Waals surface area contributed by atoms with Gasteiger partial charge in [-0.05, 0) is 50.0 Å². The molecule has 0 atom stereocenters. The van der Waals surface area contributed by atoms with E-state index in [9.17, 15) is 0 Å². The zero-order valence-corrected chi connectivity index (χ0v) is 15.7. The molecule has 0 radical (unpaired) electrons. The van der Waals surface area contributed by atoms with Crippen LogP contribution in [0, 0.1) is 13.8 Å². The highest BCUT2D eigenvalue weighted by molar-refractivity contribution is 8.16. The molecule has 0 saturated carbocycles. The molecule has 2 aromatic rings. The summed E-state index contributed by atoms with van der Waals surface area (Å²) in [4.78, 5) is 0. The van der Waals surface area contributed by atoms with Gasteiger partial charge in [-0.15, -0.1) is 23.5 Å². The Bertz CT molecular complexity index is 671. The summed E-state index contributed by atoms with van der Waals surface area (Å²) in [6, 6.07) is 8.48. The van der Waals surface area contributed by atoms with Gasteiger partial charge in [0.1, 0.15) is 11.5 Å². The molecule has 0 amide bonds. The summed E-state index contributed by atoms with van der Waals surface area (Å²) in [5, 5.41) is 0. The van der Waals surface area contributed by atoms with Gasteiger partial charge in [0, 0.05) is 23.0 Å². The zero-order chi connectivity index (χ0) is 16.4. The summed E-state index contributed by atoms with van der Waals surface area (Å²) in [5.74, 6) is 4.25. The van der Waals surface area contributed by atoms with Gasteiger partial charge in [0.25, 0.3) is 0 Å². The average molecular weight is 350 g/mol. The number of ether oxygens (including phenoxy) is 2. The van der Waals surface area contributed by atoms with E-state index in [0.29, 0.717) is 4.58 Å². The number of benzene rings is 1. The number of aryl methyl sites for hydroxylation is 2. The van der Waals surface area contributed by atoms with Crippen LogP contribution in [-0.2, 0) is 0 Å². The molecule has 1 fully saturated rings. The van der Waals surface area contributed by atoms with Crippen molar-refractivity contribution >= 4 is 23.5 Å². The SMILES string of the molecule is COc1cc(C2SCCCS2)c(OC)c(-n2c(C)ccc2C)c1. The fourth-order valence-electron chi connectivity index (χ4n) is 3.01. The predicted molar refractivity (Wildman–Crippen MR) is 101 cm³/mol. The van der Waals surface area contributed by atoms with Gasteiger partial charge in [-0.25, -0.2) is 0 Å². The molecule has 0 spiro atoms. The molecular formula is C18H23NO2S2. The van der Waals surface area contributed by atoms with Gasteiger partial charge in [-0.3, -0.25) is 0 Å². The zero-order valence-electron chi connectivity index (χ0n) is 14.1. The molecule has 0 unspecified atom stereocenters. The van der Waals surface area contributed by atoms with Crippen molar-refractivity contribution in [2.45, 2.75) is 24.9 Å². The topological polar surface area (TPSA) is 23.4 Å². The Balaban J connectivity index is 2.18. The maximum atomic E-state index is 5.86. The summed E-state index contributed by atoms with van der Waals surface area (Å²) >= 11 is 4.00. The third-order valence-electron chi connectivity index (χ3n) is 4.10. The first-order chi connectivity index (χ1) is 11.2. The average Bonchev–Trinajstić information content (AvgIpc) is 2.93. The van der Waals surface area contributed by atoms with Crippen molar-refractivity contribution in [2.75, 3.05) is 25.7 Å². The van der Waals surface area contributed by atoms with Crippen LogP contribution in [0.4, 0.5) is 0 Å². The maximum Gasteiger partial charge on any atom is 0.148 e. The van der Waals surface area contributed by atoms with Gasteiger partial charge in [0.05, 0.1) is 24.5 Å². The van der Waals surface area contributed by atoms with Crippen molar-refractivity contribution in [1.82, 2.24) is 4.57 Å². The van der Waals surface area contributed by atoms with Crippen LogP contribution in [0.1, 0.15) is 28.0 Å². The van der Waals surface area contributed by atoms with Crippen LogP contribution in [-0.4, -0.2) is 30.3 Å². The molecule has 1 aromatic heterocycles. The molecule has 1 saturated heterocycles. The van der Waals surface area contributed by atoms with Crippen molar-refractivity contribution in [1.29, 1.82) is 0 Å². The smallest absolute Gasteiger partial charge is 0.148 e. The highest BCUT2D eigenvalue weighted by Gasteiger charge is 2.24. The minimum Gasteiger partial charge on any atom is -0.497 e. The van der Waals surface area contributed by atoms with Crippen molar-refractivity contribution in [3.05, 3.63) is 41.2 Å². The van der Waals surface area contributed by atoms with Crippen molar-refractivity contribution in [3.8, 4) is 17.2 Å². The number of nitrogens with zero attached hydrogens (tertiary/aromatic N) is 1. The Morgan fingerprint density at radius 2 is 1.65 bits per heavy atom. The van der Waals surface area contributed by atoms with Gasteiger partial charge in [-0.2, -0.15) is 0 Å². The minimum absolute atomic E-state index is 0.406. The van der Waals surface area contributed by atoms with Crippen LogP contribution in [0.5, 0.6) is 11.5 Å². The van der Waals surface area contributed by atoms with E-state index in [1.807, 2.05) is 23.5 Å². The molecule has 1 aliphatic rings. The Hall–Kier alpha value is -1.20. The van der Waals surface area contributed by atoms with Crippen molar-refractivity contribution < 1.29 is 9.47 Å². The highest BCUT2D eigenvalue weighted by atomic mass is 32.2. The van der Waals surface area contributed by atoms with E-state index in [2.05, 4.69) is 42.7 Å². The van der Waals surface area contributed by atoms with E-state index in [0.717, 1.165) is 17.2 Å². The number of methoxy groups -OCH3 is 2. The van der Waals surface area contributed by atoms with E-state index in [1.165, 1.54) is 34.9 Å². The first-order valence-electron chi connectivity index (χ1n) is 7.80. The second-order valence-corrected chi connectivity index (χ2v) is 8.37. The Labute approximate surface area is 146 Å². The van der Waals surface area contributed by atoms with Crippen LogP contribution in [0.15, 0.2) is 24.3 Å². The number of hydrogen-bond acceptors (Lipinski definition) is 4. The molecule has 1 aliphatic heterocycles. The molecule has 3 rings (SSSR count). The third kappa shape index (κ3) is 3.22. The number of aromatic nitrogens is 1. The van der Waals surface area contributed by atoms with Gasteiger partial charge >= 0.3 is 0 Å². The van der Waals surface area contributed by atoms with E-state index < -0.39 is 0 Å². The Morgan fingerprint density at radius 3 is 2.22 bits per heavy atom. The van der Waals surface area contributed by atoms with E-state index >= 15 is 0 Å². The van der Waals surface area contributed by atoms with E-state index in [1.54, 1.807) is 14.2 Å². The summed E-state index contributed by atoms with van der Waals surface area (Å²) in [5.41, 5.74) is 4.69. The second-order valence-electron chi connectivity index (χ2n) is 5.65. The lowest BCUT2D eigenvalue weighted by molar-refractivity contribution is 0.398. The molecule has 3 nitrogen and oxygen atoms in total. The lowest BCUT2D eigenvalue weighted by Crippen LogP contribution is -2.08. The first kappa shape index (κ1) is 16.7. The fourth-order valence-corrected chi connectivity index (χ4v) is 5.91. The van der Waals surface area contributed by atoms with Crippen molar-refractivity contribution in [3.63, 3.8) is 0 Å². The minimum atomic E-state index is 0.406. The monoisotopic (exact) mass is 349 g/mol. The normalized spacial score (nSPS) is 15.7. The molecule has 5 heteroatoms. The number of thioether (sulfide) groups is 2. The molecular weight excluding hydrogens is 326 g/mol. The molecule has 23 heavy (non-hydrogen) atoms. The third-order valence-corrected chi connectivity index (χ3v) is 7.08. The fraction of sp³-hybridized carbons (Fsp3) is 0.444. The predicted octanol–water partition coefficient (Wildman–Crippen LogP) is 4.98. The van der Waals surface area contributed by atoms with E-state index in [-0.39, 0.29) is 0 Å². The standard InChI is InChI=1S/C18H23NO2S2/c1-12-6-7-13(2)19(12)16-11-14(20-3)10-15(17(16)21-4)18-22-8-5-9-23-18/h6-7,10-11,18H,5,8-9H2,1-4H3. The lowest BCUT2D eigenvalue weighted by atomic mass is 10.1. The van der Waals surface area contributed by atoms with Gasteiger partial charge in [0.15, 0.2) is 0 Å². The largest absolute Gasteiger partial charge is 0.497 e. The van der Waals surface area contributed by atoms with Crippen LogP contribution in [0.25, 0.3) is 5.69 Å². The molecule has 0 N–H and O–H groups in total. The van der Waals surface area contributed by atoms with Crippen molar-refractivity contribution in [2.24, 2.45) is 0 Å². The summed E-state index contributed by atoms with van der Waals surface area (Å²) < 4.78 is 14.1. The molecule has 0 aliphatic carbocycles. The number of rotatable bonds is 4. The Kier molecular flexibility index (Phi) is 5.17. The van der Waals surface area contributed by atoms with Gasteiger partial charge in [-0.1, -0.05) is 0 Å². The molecule has 124 valence electrons. The summed E-state index contributed by atoms with van der Waals surface area (Å²) in [6.07, 6.45) is 1.28. The van der Waals surface area contributed by atoms with Crippen LogP contribution >= 0.6 is 23.5 Å².